The van der Waals surface area contributed by atoms with Gasteiger partial charge in [-0.2, -0.15) is 4.68 Å². The van der Waals surface area contributed by atoms with Gasteiger partial charge in [-0.05, 0) is 41.9 Å². The van der Waals surface area contributed by atoms with E-state index < -0.39 is 0 Å². The Balaban J connectivity index is 1.86. The van der Waals surface area contributed by atoms with Crippen LogP contribution in [0.2, 0.25) is 0 Å². The second kappa shape index (κ2) is 6.00. The molecular formula is C14H20N6. The van der Waals surface area contributed by atoms with Gasteiger partial charge in [-0.1, -0.05) is 30.2 Å². The smallest absolute Gasteiger partial charge is 0.250 e. The summed E-state index contributed by atoms with van der Waals surface area (Å²) in [5.74, 6) is 0.844. The maximum atomic E-state index is 4.23. The van der Waals surface area contributed by atoms with Crippen LogP contribution in [0.25, 0.3) is 5.69 Å². The van der Waals surface area contributed by atoms with Gasteiger partial charge in [0, 0.05) is 19.1 Å². The summed E-state index contributed by atoms with van der Waals surface area (Å²) in [5, 5.41) is 15.7. The minimum absolute atomic E-state index is 0.475. The lowest BCUT2D eigenvalue weighted by atomic mass is 10.2. The number of aromatic nitrogens is 4. The van der Waals surface area contributed by atoms with Gasteiger partial charge in [-0.3, -0.25) is 0 Å². The van der Waals surface area contributed by atoms with E-state index in [-0.39, 0.29) is 0 Å². The van der Waals surface area contributed by atoms with Crippen LogP contribution >= 0.6 is 0 Å². The minimum atomic E-state index is 0.475. The molecule has 1 N–H and O–H groups in total. The average Bonchev–Trinajstić information content (AvgIpc) is 3.14. The van der Waals surface area contributed by atoms with Crippen LogP contribution in [-0.2, 0) is 0 Å². The average molecular weight is 272 g/mol. The van der Waals surface area contributed by atoms with E-state index in [4.69, 9.17) is 0 Å². The normalized spacial score (nSPS) is 18.6. The molecule has 0 amide bonds. The van der Waals surface area contributed by atoms with Crippen LogP contribution < -0.4 is 10.2 Å². The van der Waals surface area contributed by atoms with Crippen molar-refractivity contribution in [2.24, 2.45) is 0 Å². The van der Waals surface area contributed by atoms with E-state index in [2.05, 4.69) is 32.7 Å². The molecule has 0 bridgehead atoms. The zero-order valence-corrected chi connectivity index (χ0v) is 11.7. The number of para-hydroxylation sites is 1. The summed E-state index contributed by atoms with van der Waals surface area (Å²) in [6.07, 6.45) is 2.38. The Hall–Kier alpha value is -1.95. The Morgan fingerprint density at radius 1 is 1.30 bits per heavy atom. The molecule has 6 nitrogen and oxygen atoms in total. The van der Waals surface area contributed by atoms with Crippen LogP contribution in [0, 0.1) is 0 Å². The molecule has 0 aliphatic carbocycles. The molecule has 6 heteroatoms. The molecule has 0 radical (unpaired) electrons. The number of nitrogens with one attached hydrogen (secondary N) is 1. The van der Waals surface area contributed by atoms with E-state index in [1.807, 2.05) is 35.0 Å². The Morgan fingerprint density at radius 3 is 2.95 bits per heavy atom. The lowest BCUT2D eigenvalue weighted by Gasteiger charge is -2.25. The fourth-order valence-electron chi connectivity index (χ4n) is 2.72. The Morgan fingerprint density at radius 2 is 2.15 bits per heavy atom. The first-order valence-electron chi connectivity index (χ1n) is 7.21. The minimum Gasteiger partial charge on any atom is -0.335 e. The van der Waals surface area contributed by atoms with Crippen LogP contribution in [0.4, 0.5) is 5.95 Å². The molecule has 1 saturated heterocycles. The first-order chi connectivity index (χ1) is 9.90. The summed E-state index contributed by atoms with van der Waals surface area (Å²) in [6, 6.07) is 10.5. The van der Waals surface area contributed by atoms with Crippen LogP contribution in [-0.4, -0.2) is 45.9 Å². The lowest BCUT2D eigenvalue weighted by molar-refractivity contribution is 0.577. The first-order valence-corrected chi connectivity index (χ1v) is 7.21. The molecule has 1 unspecified atom stereocenters. The number of anilines is 1. The van der Waals surface area contributed by atoms with E-state index in [1.165, 1.54) is 12.8 Å². The highest BCUT2D eigenvalue weighted by atomic mass is 15.6. The third-order valence-corrected chi connectivity index (χ3v) is 3.72. The Labute approximate surface area is 118 Å². The molecular weight excluding hydrogens is 252 g/mol. The van der Waals surface area contributed by atoms with E-state index in [0.717, 1.165) is 31.3 Å². The van der Waals surface area contributed by atoms with Crippen molar-refractivity contribution in [2.45, 2.75) is 25.8 Å². The van der Waals surface area contributed by atoms with Gasteiger partial charge in [0.25, 0.3) is 5.95 Å². The lowest BCUT2D eigenvalue weighted by Crippen LogP contribution is -2.39. The molecule has 1 atom stereocenters. The standard InChI is InChI=1S/C14H20N6/c1-2-15-11-13-9-6-10-19(13)14-16-17-18-20(14)12-7-4-3-5-8-12/h3-5,7-8,13,15H,2,6,9-11H2,1H3. The van der Waals surface area contributed by atoms with Crippen molar-refractivity contribution in [1.29, 1.82) is 0 Å². The summed E-state index contributed by atoms with van der Waals surface area (Å²) >= 11 is 0. The number of tetrazole rings is 1. The zero-order valence-electron chi connectivity index (χ0n) is 11.7. The zero-order chi connectivity index (χ0) is 13.8. The molecule has 1 aliphatic rings. The van der Waals surface area contributed by atoms with Gasteiger partial charge >= 0.3 is 0 Å². The largest absolute Gasteiger partial charge is 0.335 e. The van der Waals surface area contributed by atoms with Gasteiger partial charge in [0.15, 0.2) is 0 Å². The van der Waals surface area contributed by atoms with Crippen molar-refractivity contribution in [3.05, 3.63) is 30.3 Å². The van der Waals surface area contributed by atoms with Gasteiger partial charge in [0.1, 0.15) is 0 Å². The van der Waals surface area contributed by atoms with Gasteiger partial charge in [0.2, 0.25) is 0 Å². The number of hydrogen-bond acceptors (Lipinski definition) is 5. The van der Waals surface area contributed by atoms with Crippen molar-refractivity contribution >= 4 is 5.95 Å². The van der Waals surface area contributed by atoms with Crippen molar-refractivity contribution in [3.63, 3.8) is 0 Å². The van der Waals surface area contributed by atoms with Gasteiger partial charge in [-0.25, -0.2) is 0 Å². The monoisotopic (exact) mass is 272 g/mol. The SMILES string of the molecule is CCNCC1CCCN1c1nnnn1-c1ccccc1. The number of rotatable bonds is 5. The summed E-state index contributed by atoms with van der Waals surface area (Å²) in [7, 11) is 0. The summed E-state index contributed by atoms with van der Waals surface area (Å²) in [6.45, 7) is 5.13. The van der Waals surface area contributed by atoms with E-state index >= 15 is 0 Å². The second-order valence-electron chi connectivity index (χ2n) is 5.02. The third kappa shape index (κ3) is 2.51. The van der Waals surface area contributed by atoms with Gasteiger partial charge in [0.05, 0.1) is 5.69 Å². The third-order valence-electron chi connectivity index (χ3n) is 3.72. The summed E-state index contributed by atoms with van der Waals surface area (Å²) < 4.78 is 1.82. The second-order valence-corrected chi connectivity index (χ2v) is 5.02. The molecule has 2 heterocycles. The molecule has 3 rings (SSSR count). The van der Waals surface area contributed by atoms with Crippen LogP contribution in [0.3, 0.4) is 0 Å². The summed E-state index contributed by atoms with van der Waals surface area (Å²) in [5.41, 5.74) is 1.00. The molecule has 0 spiro atoms. The fraction of sp³-hybridized carbons (Fsp3) is 0.500. The number of nitrogens with zero attached hydrogens (tertiary/aromatic N) is 5. The number of benzene rings is 1. The fourth-order valence-corrected chi connectivity index (χ4v) is 2.72. The molecule has 0 saturated carbocycles. The van der Waals surface area contributed by atoms with Gasteiger partial charge < -0.3 is 10.2 Å². The molecule has 1 aromatic carbocycles. The molecule has 1 aromatic heterocycles. The first kappa shape index (κ1) is 13.1. The summed E-state index contributed by atoms with van der Waals surface area (Å²) in [4.78, 5) is 2.32. The number of hydrogen-bond donors (Lipinski definition) is 1. The highest BCUT2D eigenvalue weighted by molar-refractivity contribution is 5.42. The van der Waals surface area contributed by atoms with Crippen molar-refractivity contribution in [2.75, 3.05) is 24.5 Å². The molecule has 20 heavy (non-hydrogen) atoms. The van der Waals surface area contributed by atoms with E-state index in [9.17, 15) is 0 Å². The molecule has 1 fully saturated rings. The highest BCUT2D eigenvalue weighted by Crippen LogP contribution is 2.24. The molecule has 2 aromatic rings. The van der Waals surface area contributed by atoms with E-state index in [1.54, 1.807) is 0 Å². The predicted octanol–water partition coefficient (Wildman–Crippen LogP) is 1.24. The van der Waals surface area contributed by atoms with Crippen molar-refractivity contribution < 1.29 is 0 Å². The van der Waals surface area contributed by atoms with Crippen molar-refractivity contribution in [1.82, 2.24) is 25.5 Å². The predicted molar refractivity (Wildman–Crippen MR) is 78.1 cm³/mol. The maximum absolute atomic E-state index is 4.23. The van der Waals surface area contributed by atoms with Gasteiger partial charge in [-0.15, -0.1) is 0 Å². The Kier molecular flexibility index (Phi) is 3.92. The maximum Gasteiger partial charge on any atom is 0.250 e. The topological polar surface area (TPSA) is 58.9 Å². The van der Waals surface area contributed by atoms with E-state index in [0.29, 0.717) is 6.04 Å². The van der Waals surface area contributed by atoms with Crippen LogP contribution in [0.15, 0.2) is 30.3 Å². The Bertz CT molecular complexity index is 538. The highest BCUT2D eigenvalue weighted by Gasteiger charge is 2.28. The van der Waals surface area contributed by atoms with Crippen LogP contribution in [0.5, 0.6) is 0 Å². The molecule has 106 valence electrons. The van der Waals surface area contributed by atoms with Crippen molar-refractivity contribution in [3.8, 4) is 5.69 Å². The quantitative estimate of drug-likeness (QED) is 0.887. The van der Waals surface area contributed by atoms with Crippen LogP contribution in [0.1, 0.15) is 19.8 Å². The molecule has 1 aliphatic heterocycles. The number of likely N-dealkylation sites (N-methyl/N-ethyl adjacent to an activating group) is 1.